The quantitative estimate of drug-likeness (QED) is 0.172. The van der Waals surface area contributed by atoms with Gasteiger partial charge in [0.25, 0.3) is 0 Å². The van der Waals surface area contributed by atoms with Gasteiger partial charge in [0.15, 0.2) is 0 Å². The Bertz CT molecular complexity index is 4230. The molecule has 0 atom stereocenters. The molecule has 3 heteroatoms. The third kappa shape index (κ3) is 5.75. The normalized spacial score (nSPS) is 14.0. The van der Waals surface area contributed by atoms with Crippen molar-refractivity contribution in [2.45, 2.75) is 10.8 Å². The standard InChI is InChI=1S/C72H45NO2/c1-2-19-46(20-3-1)47-37-39-48(40-38-47)52-21-6-13-31-64(52)73(65-32-18-30-62-70(65)54-23-5-8-25-57(54)71(62)58-26-9-14-33-66(58)74-67-34-15-10-27-59(67)71)51-42-41-49-45-63-55(44-50(49)43-51)53-22-4-7-24-56(53)72(63)60-28-11-16-35-68(60)75-69-36-17-12-29-61(69)72/h1-45H. The minimum atomic E-state index is -0.624. The zero-order chi connectivity index (χ0) is 49.2. The van der Waals surface area contributed by atoms with Gasteiger partial charge < -0.3 is 14.4 Å². The molecule has 16 rings (SSSR count). The molecule has 0 aromatic heterocycles. The molecule has 4 aliphatic rings. The number of anilines is 3. The van der Waals surface area contributed by atoms with E-state index >= 15 is 0 Å². The fourth-order valence-electron chi connectivity index (χ4n) is 13.6. The molecule has 12 aromatic rings. The number of benzene rings is 12. The van der Waals surface area contributed by atoms with Gasteiger partial charge >= 0.3 is 0 Å². The molecular formula is C72H45NO2. The van der Waals surface area contributed by atoms with Crippen molar-refractivity contribution in [1.82, 2.24) is 0 Å². The molecule has 3 nitrogen and oxygen atoms in total. The number of hydrogen-bond donors (Lipinski definition) is 0. The molecule has 0 bridgehead atoms. The third-order valence-electron chi connectivity index (χ3n) is 16.6. The summed E-state index contributed by atoms with van der Waals surface area (Å²) in [6, 6.07) is 100. The molecule has 0 saturated heterocycles. The largest absolute Gasteiger partial charge is 0.457 e. The molecule has 12 aromatic carbocycles. The van der Waals surface area contributed by atoms with Crippen molar-refractivity contribution in [3.63, 3.8) is 0 Å². The van der Waals surface area contributed by atoms with Gasteiger partial charge in [-0.15, -0.1) is 0 Å². The van der Waals surface area contributed by atoms with Crippen molar-refractivity contribution in [2.75, 3.05) is 4.90 Å². The van der Waals surface area contributed by atoms with Gasteiger partial charge in [0.2, 0.25) is 0 Å². The average Bonchev–Trinajstić information content (AvgIpc) is 4.13. The first-order valence-electron chi connectivity index (χ1n) is 25.9. The van der Waals surface area contributed by atoms with E-state index in [4.69, 9.17) is 9.47 Å². The van der Waals surface area contributed by atoms with Gasteiger partial charge in [0.1, 0.15) is 23.0 Å². The van der Waals surface area contributed by atoms with Crippen LogP contribution in [0.1, 0.15) is 44.5 Å². The average molecular weight is 956 g/mol. The van der Waals surface area contributed by atoms with Gasteiger partial charge in [-0.05, 0) is 127 Å². The molecule has 0 fully saturated rings. The van der Waals surface area contributed by atoms with Crippen LogP contribution in [0.4, 0.5) is 17.1 Å². The second-order valence-corrected chi connectivity index (χ2v) is 20.2. The molecule has 0 radical (unpaired) electrons. The van der Waals surface area contributed by atoms with E-state index in [1.165, 1.54) is 61.0 Å². The van der Waals surface area contributed by atoms with Crippen LogP contribution in [-0.2, 0) is 10.8 Å². The minimum absolute atomic E-state index is 0.555. The van der Waals surface area contributed by atoms with Gasteiger partial charge in [-0.25, -0.2) is 0 Å². The van der Waals surface area contributed by atoms with Crippen LogP contribution >= 0.6 is 0 Å². The van der Waals surface area contributed by atoms with Gasteiger partial charge in [-0.1, -0.05) is 212 Å². The summed E-state index contributed by atoms with van der Waals surface area (Å²) in [6.45, 7) is 0. The minimum Gasteiger partial charge on any atom is -0.457 e. The van der Waals surface area contributed by atoms with E-state index in [0.29, 0.717) is 0 Å². The third-order valence-corrected chi connectivity index (χ3v) is 16.6. The van der Waals surface area contributed by atoms with Crippen LogP contribution in [0.25, 0.3) is 55.3 Å². The molecule has 0 unspecified atom stereocenters. The van der Waals surface area contributed by atoms with Crippen molar-refractivity contribution >= 4 is 27.8 Å². The monoisotopic (exact) mass is 955 g/mol. The highest BCUT2D eigenvalue weighted by atomic mass is 16.5. The Balaban J connectivity index is 0.955. The first-order chi connectivity index (χ1) is 37.2. The van der Waals surface area contributed by atoms with Crippen LogP contribution in [0.3, 0.4) is 0 Å². The fraction of sp³-hybridized carbons (Fsp3) is 0.0278. The van der Waals surface area contributed by atoms with Crippen LogP contribution in [0, 0.1) is 0 Å². The summed E-state index contributed by atoms with van der Waals surface area (Å²) < 4.78 is 13.5. The number of hydrogen-bond acceptors (Lipinski definition) is 3. The molecule has 0 N–H and O–H groups in total. The van der Waals surface area contributed by atoms with Crippen LogP contribution in [0.5, 0.6) is 23.0 Å². The maximum absolute atomic E-state index is 6.76. The maximum Gasteiger partial charge on any atom is 0.132 e. The van der Waals surface area contributed by atoms with E-state index < -0.39 is 10.8 Å². The van der Waals surface area contributed by atoms with Crippen molar-refractivity contribution in [1.29, 1.82) is 0 Å². The van der Waals surface area contributed by atoms with Crippen LogP contribution in [0.2, 0.25) is 0 Å². The number of nitrogens with zero attached hydrogens (tertiary/aromatic N) is 1. The predicted octanol–water partition coefficient (Wildman–Crippen LogP) is 18.6. The zero-order valence-corrected chi connectivity index (χ0v) is 40.7. The van der Waals surface area contributed by atoms with E-state index in [1.54, 1.807) is 0 Å². The molecule has 350 valence electrons. The van der Waals surface area contributed by atoms with E-state index in [-0.39, 0.29) is 0 Å². The Kier molecular flexibility index (Phi) is 8.88. The van der Waals surface area contributed by atoms with Crippen molar-refractivity contribution in [3.05, 3.63) is 317 Å². The molecule has 0 amide bonds. The maximum atomic E-state index is 6.76. The fourth-order valence-corrected chi connectivity index (χ4v) is 13.6. The SMILES string of the molecule is c1ccc(-c2ccc(-c3ccccc3N(c3ccc4cc5c(cc4c3)-c3ccccc3C53c4ccccc4Oc4ccccc43)c3cccc4c3-c3ccccc3C43c4ccccc4Oc4ccccc43)cc2)cc1. The lowest BCUT2D eigenvalue weighted by Crippen LogP contribution is -2.32. The Morgan fingerprint density at radius 3 is 1.33 bits per heavy atom. The summed E-state index contributed by atoms with van der Waals surface area (Å²) in [5.74, 6) is 3.54. The number of para-hydroxylation sites is 5. The predicted molar refractivity (Wildman–Crippen MR) is 304 cm³/mol. The molecule has 2 aliphatic carbocycles. The van der Waals surface area contributed by atoms with E-state index in [0.717, 1.165) is 78.8 Å². The second-order valence-electron chi connectivity index (χ2n) is 20.2. The first-order valence-corrected chi connectivity index (χ1v) is 25.9. The summed E-state index contributed by atoms with van der Waals surface area (Å²) in [5.41, 5.74) is 21.3. The van der Waals surface area contributed by atoms with Crippen molar-refractivity contribution < 1.29 is 9.47 Å². The molecular weight excluding hydrogens is 911 g/mol. The van der Waals surface area contributed by atoms with E-state index in [2.05, 4.69) is 278 Å². The van der Waals surface area contributed by atoms with Gasteiger partial charge in [-0.3, -0.25) is 0 Å². The van der Waals surface area contributed by atoms with Gasteiger partial charge in [0, 0.05) is 39.1 Å². The topological polar surface area (TPSA) is 21.7 Å². The molecule has 0 saturated carbocycles. The molecule has 2 aliphatic heterocycles. The highest BCUT2D eigenvalue weighted by molar-refractivity contribution is 6.03. The zero-order valence-electron chi connectivity index (χ0n) is 40.7. The van der Waals surface area contributed by atoms with Crippen LogP contribution < -0.4 is 14.4 Å². The first kappa shape index (κ1) is 41.9. The van der Waals surface area contributed by atoms with Crippen LogP contribution in [0.15, 0.2) is 273 Å². The van der Waals surface area contributed by atoms with E-state index in [9.17, 15) is 0 Å². The molecule has 2 heterocycles. The lowest BCUT2D eigenvalue weighted by molar-refractivity contribution is 0.436. The molecule has 2 spiro atoms. The Labute approximate surface area is 435 Å². The number of ether oxygens (including phenoxy) is 2. The molecule has 75 heavy (non-hydrogen) atoms. The Hall–Kier alpha value is -9.70. The smallest absolute Gasteiger partial charge is 0.132 e. The number of fused-ring (bicyclic) bond motifs is 19. The highest BCUT2D eigenvalue weighted by Gasteiger charge is 2.53. The lowest BCUT2D eigenvalue weighted by atomic mass is 9.66. The lowest BCUT2D eigenvalue weighted by Gasteiger charge is -2.39. The number of rotatable bonds is 5. The van der Waals surface area contributed by atoms with E-state index in [1.807, 2.05) is 0 Å². The Morgan fingerprint density at radius 1 is 0.253 bits per heavy atom. The summed E-state index contributed by atoms with van der Waals surface area (Å²) in [6.07, 6.45) is 0. The van der Waals surface area contributed by atoms with Gasteiger partial charge in [0.05, 0.1) is 22.2 Å². The van der Waals surface area contributed by atoms with Crippen molar-refractivity contribution in [3.8, 4) is 67.5 Å². The van der Waals surface area contributed by atoms with Gasteiger partial charge in [-0.2, -0.15) is 0 Å². The summed E-state index contributed by atoms with van der Waals surface area (Å²) >= 11 is 0. The van der Waals surface area contributed by atoms with Crippen LogP contribution in [-0.4, -0.2) is 0 Å². The summed E-state index contributed by atoms with van der Waals surface area (Å²) in [4.78, 5) is 2.53. The summed E-state index contributed by atoms with van der Waals surface area (Å²) in [5, 5.41) is 2.34. The summed E-state index contributed by atoms with van der Waals surface area (Å²) in [7, 11) is 0. The Morgan fingerprint density at radius 2 is 0.707 bits per heavy atom. The highest BCUT2D eigenvalue weighted by Crippen LogP contribution is 2.65. The van der Waals surface area contributed by atoms with Crippen molar-refractivity contribution in [2.24, 2.45) is 0 Å². The second kappa shape index (κ2) is 15.9.